The topological polar surface area (TPSA) is 308 Å². The molecule has 0 aliphatic carbocycles. The minimum atomic E-state index is 0.0692. The van der Waals surface area contributed by atoms with E-state index in [1.54, 1.807) is 0 Å². The molecule has 0 aromatic rings. The fraction of sp³-hybridized carbons (Fsp3) is 1.00. The summed E-state index contributed by atoms with van der Waals surface area (Å²) in [6.45, 7) is 95.0. The lowest BCUT2D eigenvalue weighted by Crippen LogP contribution is -2.50. The lowest BCUT2D eigenvalue weighted by atomic mass is 10.1. The van der Waals surface area contributed by atoms with E-state index in [2.05, 4.69) is 232 Å². The smallest absolute Gasteiger partial charge is 0.0126 e. The van der Waals surface area contributed by atoms with Crippen molar-refractivity contribution in [3.05, 3.63) is 0 Å². The van der Waals surface area contributed by atoms with Crippen molar-refractivity contribution in [2.45, 2.75) is 209 Å². The third kappa shape index (κ3) is 71.3. The molecule has 0 saturated carbocycles. The van der Waals surface area contributed by atoms with Gasteiger partial charge in [0.05, 0.1) is 0 Å². The van der Waals surface area contributed by atoms with Crippen LogP contribution >= 0.6 is 0 Å². The summed E-state index contributed by atoms with van der Waals surface area (Å²) in [6, 6.07) is 0. The molecule has 2 unspecified atom stereocenters. The number of nitrogens with zero attached hydrogens (tertiary/aromatic N) is 11. The molecule has 2 fully saturated rings. The average Bonchev–Trinajstić information content (AvgIpc) is 0.890. The largest absolute Gasteiger partial charge is 0.329 e. The Morgan fingerprint density at radius 1 is 0.240 bits per heavy atom. The zero-order chi connectivity index (χ0) is 88.7. The van der Waals surface area contributed by atoms with E-state index in [-0.39, 0.29) is 27.7 Å². The van der Waals surface area contributed by atoms with Gasteiger partial charge in [0.2, 0.25) is 0 Å². The second-order valence-corrected chi connectivity index (χ2v) is 40.0. The first-order chi connectivity index (χ1) is 58.1. The van der Waals surface area contributed by atoms with Crippen molar-refractivity contribution in [2.75, 3.05) is 393 Å². The number of fused-ring (bicyclic) bond motifs is 9. The highest BCUT2D eigenvalue weighted by molar-refractivity contribution is 4.84. The third-order valence-corrected chi connectivity index (χ3v) is 23.9. The van der Waals surface area contributed by atoms with Crippen LogP contribution in [-0.2, 0) is 0 Å². The van der Waals surface area contributed by atoms with E-state index in [9.17, 15) is 0 Å². The molecule has 2 rings (SSSR count). The monoisotopic (exact) mass is 1720 g/mol. The Morgan fingerprint density at radius 2 is 0.570 bits per heavy atom. The molecule has 22 N–H and O–H groups in total. The first-order valence-corrected chi connectivity index (χ1v) is 50.0. The van der Waals surface area contributed by atoms with E-state index in [1.165, 1.54) is 77.0 Å². The molecule has 0 spiro atoms. The van der Waals surface area contributed by atoms with Gasteiger partial charge >= 0.3 is 0 Å². The Labute approximate surface area is 748 Å². The molecule has 0 amide bonds. The fourth-order valence-corrected chi connectivity index (χ4v) is 16.0. The molecule has 724 valence electrons. The molecule has 121 heavy (non-hydrogen) atoms. The Kier molecular flexibility index (Phi) is 72.3. The van der Waals surface area contributed by atoms with Gasteiger partial charge < -0.3 is 117 Å². The first-order valence-electron chi connectivity index (χ1n) is 50.0. The van der Waals surface area contributed by atoms with Crippen molar-refractivity contribution in [1.29, 1.82) is 0 Å². The van der Waals surface area contributed by atoms with E-state index < -0.39 is 0 Å². The second kappa shape index (κ2) is 75.5. The van der Waals surface area contributed by atoms with E-state index in [0.29, 0.717) is 26.2 Å². The molecule has 0 aromatic carbocycles. The SMILES string of the molecule is CC(C)(C)NCCN1CCNCCN2CCCCCN(CCNCCN(CCNC(C)(C)C)C(C)(C)C)CCNCCN(C(C)(C)C)CCNCCN(CCNCCN)CCN(CCN)CCCCCNCCNCCNCCNCCN(CCNCCCCCNCCN(C(C)(C)C)CC1)CCN(CCN(CCN)CCNCCN)CCCCC2. The predicted octanol–water partition coefficient (Wildman–Crippen LogP) is 1.10. The lowest BCUT2D eigenvalue weighted by Gasteiger charge is -2.37. The van der Waals surface area contributed by atoms with Gasteiger partial charge in [-0.15, -0.1) is 0 Å². The summed E-state index contributed by atoms with van der Waals surface area (Å²) in [5, 5.41) is 53.1. The van der Waals surface area contributed by atoms with E-state index in [4.69, 9.17) is 22.9 Å². The number of nitrogens with two attached hydrogens (primary N) is 4. The minimum absolute atomic E-state index is 0.0692. The zero-order valence-electron chi connectivity index (χ0n) is 82.6. The summed E-state index contributed by atoms with van der Waals surface area (Å²) in [7, 11) is 0. The molecule has 2 saturated heterocycles. The third-order valence-electron chi connectivity index (χ3n) is 23.9. The normalized spacial score (nSPS) is 22.2. The number of rotatable bonds is 29. The van der Waals surface area contributed by atoms with Crippen LogP contribution in [0.25, 0.3) is 0 Å². The molecule has 2 bridgehead atoms. The number of hydrogen-bond acceptors (Lipinski definition) is 29. The Hall–Kier alpha value is -1.16. The second-order valence-electron chi connectivity index (χ2n) is 40.0. The van der Waals surface area contributed by atoms with Gasteiger partial charge in [-0.05, 0) is 208 Å². The number of hydrogen-bond donors (Lipinski definition) is 18. The first kappa shape index (κ1) is 116. The maximum absolute atomic E-state index is 6.30. The predicted molar refractivity (Wildman–Crippen MR) is 527 cm³/mol. The molecular formula is C92H211N29. The number of nitrogens with one attached hydrogen (secondary N) is 14. The molecule has 29 heteroatoms. The molecular weight excluding hydrogens is 1510 g/mol. The van der Waals surface area contributed by atoms with Crippen LogP contribution in [0.2, 0.25) is 0 Å². The molecule has 2 heterocycles. The van der Waals surface area contributed by atoms with E-state index >= 15 is 0 Å². The van der Waals surface area contributed by atoms with Crippen LogP contribution in [0.4, 0.5) is 0 Å². The van der Waals surface area contributed by atoms with Crippen LogP contribution in [-0.4, -0.2) is 474 Å². The van der Waals surface area contributed by atoms with Gasteiger partial charge in [-0.2, -0.15) is 0 Å². The van der Waals surface area contributed by atoms with Crippen LogP contribution in [0.1, 0.15) is 181 Å². The molecule has 0 aromatic heterocycles. The van der Waals surface area contributed by atoms with Crippen LogP contribution in [0.15, 0.2) is 0 Å². The highest BCUT2D eigenvalue weighted by Crippen LogP contribution is 2.16. The van der Waals surface area contributed by atoms with Crippen LogP contribution in [0.3, 0.4) is 0 Å². The Morgan fingerprint density at radius 3 is 1.03 bits per heavy atom. The van der Waals surface area contributed by atoms with Crippen molar-refractivity contribution in [3.63, 3.8) is 0 Å². The Balaban J connectivity index is 2.52. The van der Waals surface area contributed by atoms with Gasteiger partial charge in [0.25, 0.3) is 0 Å². The highest BCUT2D eigenvalue weighted by Gasteiger charge is 2.26. The summed E-state index contributed by atoms with van der Waals surface area (Å²) < 4.78 is 0. The average molecular weight is 1720 g/mol. The van der Waals surface area contributed by atoms with Gasteiger partial charge in [-0.1, -0.05) is 25.7 Å². The summed E-state index contributed by atoms with van der Waals surface area (Å²) >= 11 is 0. The maximum atomic E-state index is 6.30. The van der Waals surface area contributed by atoms with Gasteiger partial charge in [0.1, 0.15) is 0 Å². The summed E-state index contributed by atoms with van der Waals surface area (Å²) in [5.41, 5.74) is 24.8. The van der Waals surface area contributed by atoms with Crippen molar-refractivity contribution >= 4 is 0 Å². The van der Waals surface area contributed by atoms with E-state index in [1.807, 2.05) is 0 Å². The van der Waals surface area contributed by atoms with Gasteiger partial charge in [0, 0.05) is 368 Å². The Bertz CT molecular complexity index is 2200. The van der Waals surface area contributed by atoms with E-state index in [0.717, 1.165) is 367 Å². The van der Waals surface area contributed by atoms with Gasteiger partial charge in [-0.25, -0.2) is 0 Å². The fourth-order valence-electron chi connectivity index (χ4n) is 16.0. The lowest BCUT2D eigenvalue weighted by molar-refractivity contribution is 0.115. The highest BCUT2D eigenvalue weighted by atomic mass is 15.3. The minimum Gasteiger partial charge on any atom is -0.329 e. The molecule has 2 aliphatic rings. The van der Waals surface area contributed by atoms with Crippen molar-refractivity contribution < 1.29 is 0 Å². The molecule has 0 radical (unpaired) electrons. The van der Waals surface area contributed by atoms with Crippen molar-refractivity contribution in [2.24, 2.45) is 22.9 Å². The quantitative estimate of drug-likeness (QED) is 0.0467. The maximum Gasteiger partial charge on any atom is 0.0126 e. The van der Waals surface area contributed by atoms with Gasteiger partial charge in [-0.3, -0.25) is 34.3 Å². The standard InChI is InChI=1S/C92H211N29/c1-88(2,3)109-56-74-118-73-50-105-47-65-111-58-24-18-26-61-113(67-49-107-55-77-120(91(10,11)12)79-57-110-89(4,5)6)66-48-106-53-75-119(90(7,8)9)76-54-108-51-72-117(70-45-101-36-29-94)84-80-112(63-30-95)60-23-17-22-32-97-37-38-102-39-40-103-41-42-104-46-71-116(69-43-98-33-20-16-21-34-99-52-78-121(87-86-118)92(13,14)15)85-82-114(62-27-19-25-59-111)81-83-115(64-31-96)68-44-100-35-28-93/h97-110H,16-87,93-96H2,1-15H3. The summed E-state index contributed by atoms with van der Waals surface area (Å²) in [6.07, 6.45) is 14.7. The molecule has 2 aliphatic heterocycles. The van der Waals surface area contributed by atoms with Crippen LogP contribution in [0, 0.1) is 0 Å². The van der Waals surface area contributed by atoms with Crippen LogP contribution < -0.4 is 97.4 Å². The summed E-state index contributed by atoms with van der Waals surface area (Å²) in [4.78, 5) is 29.6. The zero-order valence-corrected chi connectivity index (χ0v) is 82.6. The molecule has 2 atom stereocenters. The van der Waals surface area contributed by atoms with Crippen molar-refractivity contribution in [3.8, 4) is 0 Å². The van der Waals surface area contributed by atoms with Crippen molar-refractivity contribution in [1.82, 2.24) is 128 Å². The molecule has 29 nitrogen and oxygen atoms in total. The van der Waals surface area contributed by atoms with Crippen LogP contribution in [0.5, 0.6) is 0 Å². The summed E-state index contributed by atoms with van der Waals surface area (Å²) in [5.74, 6) is 0. The van der Waals surface area contributed by atoms with Gasteiger partial charge in [0.15, 0.2) is 0 Å².